The summed E-state index contributed by atoms with van der Waals surface area (Å²) in [7, 11) is -9.91. The maximum atomic E-state index is 13.0. The first-order chi connectivity index (χ1) is 42.2. The van der Waals surface area contributed by atoms with Crippen LogP contribution in [0.1, 0.15) is 318 Å². The van der Waals surface area contributed by atoms with Crippen molar-refractivity contribution in [3.63, 3.8) is 0 Å². The van der Waals surface area contributed by atoms with Crippen LogP contribution in [0, 0.1) is 17.8 Å². The summed E-state index contributed by atoms with van der Waals surface area (Å²) in [5.74, 6) is -0.0121. The molecule has 0 aliphatic heterocycles. The van der Waals surface area contributed by atoms with Crippen molar-refractivity contribution in [2.45, 2.75) is 336 Å². The van der Waals surface area contributed by atoms with E-state index in [9.17, 15) is 43.2 Å². The Morgan fingerprint density at radius 1 is 0.352 bits per heavy atom. The van der Waals surface area contributed by atoms with Crippen LogP contribution < -0.4 is 0 Å². The standard InChI is InChI=1S/C69H130O17P2/c1-8-9-10-11-12-13-14-15-16-17-18-23-29-38-45-52-68(73)85-64(56-79-66(71)50-43-36-28-22-20-19-21-26-33-40-47-60(2)3)58-83-87(75,76)81-54-63(70)55-82-88(77,78)84-59-65(57-80-67(72)51-44-37-32-31-35-42-49-62(6)7)86-69(74)53-46-39-30-25-24-27-34-41-48-61(4)5/h13-16,60-65,70H,8-12,17-59H2,1-7H3,(H,75,76)(H,77,78)/b14-13-,16-15-/t63-,64-,65-/m1/s1. The van der Waals surface area contributed by atoms with Gasteiger partial charge in [0.2, 0.25) is 0 Å². The summed E-state index contributed by atoms with van der Waals surface area (Å²) in [5.41, 5.74) is 0. The third kappa shape index (κ3) is 62.4. The Hall–Kier alpha value is -2.46. The van der Waals surface area contributed by atoms with Crippen LogP contribution in [0.15, 0.2) is 24.3 Å². The predicted octanol–water partition coefficient (Wildman–Crippen LogP) is 19.0. The number of aliphatic hydroxyl groups excluding tert-OH is 1. The highest BCUT2D eigenvalue weighted by atomic mass is 31.2. The normalized spacial score (nSPS) is 14.4. The Labute approximate surface area is 535 Å². The Morgan fingerprint density at radius 3 is 0.920 bits per heavy atom. The lowest BCUT2D eigenvalue weighted by Crippen LogP contribution is -2.30. The molecule has 0 saturated carbocycles. The van der Waals surface area contributed by atoms with Crippen LogP contribution in [-0.4, -0.2) is 96.7 Å². The molecule has 0 bridgehead atoms. The molecule has 0 aliphatic rings. The monoisotopic (exact) mass is 1290 g/mol. The second-order valence-electron chi connectivity index (χ2n) is 25.7. The third-order valence-corrected chi connectivity index (χ3v) is 17.2. The molecule has 3 N–H and O–H groups in total. The molecule has 0 aliphatic carbocycles. The minimum Gasteiger partial charge on any atom is -0.462 e. The van der Waals surface area contributed by atoms with E-state index in [1.54, 1.807) is 0 Å². The lowest BCUT2D eigenvalue weighted by atomic mass is 10.0. The van der Waals surface area contributed by atoms with E-state index in [-0.39, 0.29) is 25.7 Å². The lowest BCUT2D eigenvalue weighted by Gasteiger charge is -2.21. The Morgan fingerprint density at radius 2 is 0.614 bits per heavy atom. The molecule has 0 radical (unpaired) electrons. The zero-order valence-electron chi connectivity index (χ0n) is 56.7. The van der Waals surface area contributed by atoms with E-state index < -0.39 is 97.5 Å². The van der Waals surface area contributed by atoms with Gasteiger partial charge in [0, 0.05) is 25.7 Å². The summed E-state index contributed by atoms with van der Waals surface area (Å²) in [5, 5.41) is 10.6. The van der Waals surface area contributed by atoms with Crippen LogP contribution in [0.5, 0.6) is 0 Å². The molecule has 2 unspecified atom stereocenters. The summed E-state index contributed by atoms with van der Waals surface area (Å²) < 4.78 is 68.1. The molecule has 19 heteroatoms. The van der Waals surface area contributed by atoms with Gasteiger partial charge >= 0.3 is 39.5 Å². The molecule has 0 rings (SSSR count). The predicted molar refractivity (Wildman–Crippen MR) is 354 cm³/mol. The molecule has 0 heterocycles. The first kappa shape index (κ1) is 85.5. The van der Waals surface area contributed by atoms with Gasteiger partial charge in [-0.1, -0.05) is 265 Å². The maximum absolute atomic E-state index is 13.0. The van der Waals surface area contributed by atoms with E-state index in [2.05, 4.69) is 72.8 Å². The van der Waals surface area contributed by atoms with E-state index in [1.807, 2.05) is 0 Å². The zero-order chi connectivity index (χ0) is 65.2. The zero-order valence-corrected chi connectivity index (χ0v) is 58.5. The number of hydrogen-bond donors (Lipinski definition) is 3. The number of carbonyl (C=O) groups excluding carboxylic acids is 4. The summed E-state index contributed by atoms with van der Waals surface area (Å²) >= 11 is 0. The van der Waals surface area contributed by atoms with E-state index in [0.29, 0.717) is 37.5 Å². The van der Waals surface area contributed by atoms with Gasteiger partial charge in [0.15, 0.2) is 12.2 Å². The first-order valence-corrected chi connectivity index (χ1v) is 38.2. The van der Waals surface area contributed by atoms with Crippen molar-refractivity contribution in [1.29, 1.82) is 0 Å². The fourth-order valence-electron chi connectivity index (χ4n) is 9.82. The van der Waals surface area contributed by atoms with E-state index in [4.69, 9.17) is 37.0 Å². The van der Waals surface area contributed by atoms with Crippen LogP contribution in [0.3, 0.4) is 0 Å². The number of carbonyl (C=O) groups is 4. The van der Waals surface area contributed by atoms with Crippen LogP contribution in [0.4, 0.5) is 0 Å². The minimum atomic E-state index is -4.96. The number of aliphatic hydroxyl groups is 1. The van der Waals surface area contributed by atoms with Gasteiger partial charge in [-0.2, -0.15) is 0 Å². The largest absolute Gasteiger partial charge is 0.472 e. The second kappa shape index (κ2) is 59.5. The van der Waals surface area contributed by atoms with Gasteiger partial charge in [-0.05, 0) is 69.1 Å². The van der Waals surface area contributed by atoms with Gasteiger partial charge in [0.05, 0.1) is 26.4 Å². The quantitative estimate of drug-likeness (QED) is 0.0169. The number of unbranched alkanes of at least 4 members (excludes halogenated alkanes) is 30. The van der Waals surface area contributed by atoms with Crippen LogP contribution in [0.2, 0.25) is 0 Å². The third-order valence-electron chi connectivity index (χ3n) is 15.3. The van der Waals surface area contributed by atoms with Gasteiger partial charge in [-0.15, -0.1) is 0 Å². The second-order valence-corrected chi connectivity index (χ2v) is 28.6. The summed E-state index contributed by atoms with van der Waals surface area (Å²) in [6, 6.07) is 0. The molecule has 0 aromatic heterocycles. The molecule has 518 valence electrons. The number of phosphoric ester groups is 2. The molecule has 0 spiro atoms. The topological polar surface area (TPSA) is 237 Å². The average Bonchev–Trinajstić information content (AvgIpc) is 3.55. The van der Waals surface area contributed by atoms with Gasteiger partial charge in [0.25, 0.3) is 0 Å². The number of esters is 4. The molecular formula is C69H130O17P2. The number of phosphoric acid groups is 2. The first-order valence-electron chi connectivity index (χ1n) is 35.2. The molecule has 5 atom stereocenters. The molecule has 0 fully saturated rings. The van der Waals surface area contributed by atoms with Crippen molar-refractivity contribution in [1.82, 2.24) is 0 Å². The lowest BCUT2D eigenvalue weighted by molar-refractivity contribution is -0.161. The minimum absolute atomic E-state index is 0.0841. The molecule has 0 aromatic carbocycles. The smallest absolute Gasteiger partial charge is 0.462 e. The van der Waals surface area contributed by atoms with Crippen molar-refractivity contribution >= 4 is 39.5 Å². The Balaban J connectivity index is 5.29. The molecule has 88 heavy (non-hydrogen) atoms. The molecule has 0 amide bonds. The maximum Gasteiger partial charge on any atom is 0.472 e. The van der Waals surface area contributed by atoms with Crippen molar-refractivity contribution < 1.29 is 80.2 Å². The molecule has 17 nitrogen and oxygen atoms in total. The number of hydrogen-bond acceptors (Lipinski definition) is 15. The van der Waals surface area contributed by atoms with Crippen LogP contribution in [0.25, 0.3) is 0 Å². The van der Waals surface area contributed by atoms with E-state index in [1.165, 1.54) is 109 Å². The fourth-order valence-corrected chi connectivity index (χ4v) is 11.4. The highest BCUT2D eigenvalue weighted by molar-refractivity contribution is 7.47. The highest BCUT2D eigenvalue weighted by Gasteiger charge is 2.30. The van der Waals surface area contributed by atoms with Crippen molar-refractivity contribution in [2.24, 2.45) is 17.8 Å². The summed E-state index contributed by atoms with van der Waals surface area (Å²) in [6.07, 6.45) is 45.5. The number of rotatable bonds is 65. The Bertz CT molecular complexity index is 1830. The summed E-state index contributed by atoms with van der Waals surface area (Å²) in [6.45, 7) is 11.6. The van der Waals surface area contributed by atoms with Gasteiger partial charge in [-0.3, -0.25) is 37.3 Å². The van der Waals surface area contributed by atoms with Gasteiger partial charge in [-0.25, -0.2) is 9.13 Å². The molecule has 0 saturated heterocycles. The number of ether oxygens (including phenoxy) is 4. The highest BCUT2D eigenvalue weighted by Crippen LogP contribution is 2.45. The van der Waals surface area contributed by atoms with E-state index in [0.717, 1.165) is 115 Å². The Kier molecular flexibility index (Phi) is 57.9. The van der Waals surface area contributed by atoms with Crippen LogP contribution >= 0.6 is 15.6 Å². The van der Waals surface area contributed by atoms with Gasteiger partial charge in [0.1, 0.15) is 19.3 Å². The van der Waals surface area contributed by atoms with Crippen molar-refractivity contribution in [2.75, 3.05) is 39.6 Å². The fraction of sp³-hybridized carbons (Fsp3) is 0.884. The average molecular weight is 1290 g/mol. The van der Waals surface area contributed by atoms with Crippen molar-refractivity contribution in [3.8, 4) is 0 Å². The number of allylic oxidation sites excluding steroid dienone is 4. The summed E-state index contributed by atoms with van der Waals surface area (Å²) in [4.78, 5) is 72.4. The van der Waals surface area contributed by atoms with Crippen molar-refractivity contribution in [3.05, 3.63) is 24.3 Å². The van der Waals surface area contributed by atoms with E-state index >= 15 is 0 Å². The molecule has 0 aromatic rings. The van der Waals surface area contributed by atoms with Crippen LogP contribution in [-0.2, 0) is 65.4 Å². The SMILES string of the molecule is CCCCCC/C=C\C=C/CCCCCCCC(=O)O[C@H](COC(=O)CCCCCCCCCCCCC(C)C)COP(=O)(O)OC[C@@H](O)COP(=O)(O)OC[C@@H](COC(=O)CCCCCCCCC(C)C)OC(=O)CCCCCCCCCCC(C)C. The molecular weight excluding hydrogens is 1160 g/mol. The van der Waals surface area contributed by atoms with Gasteiger partial charge < -0.3 is 33.8 Å².